The van der Waals surface area contributed by atoms with Crippen molar-refractivity contribution >= 4 is 5.82 Å². The first-order valence-electron chi connectivity index (χ1n) is 13.0. The van der Waals surface area contributed by atoms with Crippen LogP contribution in [0.25, 0.3) is 11.3 Å². The van der Waals surface area contributed by atoms with Gasteiger partial charge in [-0.3, -0.25) is 0 Å². The molecule has 0 aliphatic heterocycles. The Labute approximate surface area is 201 Å². The van der Waals surface area contributed by atoms with Crippen LogP contribution in [0, 0.1) is 0 Å². The third-order valence-corrected chi connectivity index (χ3v) is 7.00. The second kappa shape index (κ2) is 11.8. The summed E-state index contributed by atoms with van der Waals surface area (Å²) in [6.07, 6.45) is 9.59. The second-order valence-electron chi connectivity index (χ2n) is 9.51. The number of fused-ring (bicyclic) bond motifs is 1. The van der Waals surface area contributed by atoms with Crippen molar-refractivity contribution in [2.75, 3.05) is 33.1 Å². The summed E-state index contributed by atoms with van der Waals surface area (Å²) in [5.74, 6) is 1.92. The van der Waals surface area contributed by atoms with Gasteiger partial charge in [0.15, 0.2) is 0 Å². The fourth-order valence-electron chi connectivity index (χ4n) is 5.07. The first-order chi connectivity index (χ1) is 16.0. The normalized spacial score (nSPS) is 13.1. The molecule has 5 heteroatoms. The molecule has 182 valence electrons. The number of benzene rings is 1. The second-order valence-corrected chi connectivity index (χ2v) is 9.51. The van der Waals surface area contributed by atoms with Crippen LogP contribution in [-0.2, 0) is 32.1 Å². The summed E-state index contributed by atoms with van der Waals surface area (Å²) < 4.78 is 6.00. The van der Waals surface area contributed by atoms with E-state index in [1.807, 2.05) is 0 Å². The van der Waals surface area contributed by atoms with Crippen LogP contribution in [0.3, 0.4) is 0 Å². The van der Waals surface area contributed by atoms with Crippen molar-refractivity contribution in [1.29, 1.82) is 0 Å². The van der Waals surface area contributed by atoms with Crippen LogP contribution >= 0.6 is 0 Å². The fraction of sp³-hybridized carbons (Fsp3) is 0.643. The number of ether oxygens (including phenoxy) is 1. The van der Waals surface area contributed by atoms with Crippen molar-refractivity contribution in [3.8, 4) is 17.0 Å². The molecule has 1 aromatic heterocycles. The Kier molecular flexibility index (Phi) is 9.13. The maximum absolute atomic E-state index is 6.00. The van der Waals surface area contributed by atoms with Gasteiger partial charge in [-0.05, 0) is 101 Å². The van der Waals surface area contributed by atoms with E-state index in [2.05, 4.69) is 58.1 Å². The molecule has 0 radical (unpaired) electrons. The van der Waals surface area contributed by atoms with Crippen molar-refractivity contribution in [3.05, 3.63) is 34.1 Å². The maximum Gasteiger partial charge on any atom is 0.148 e. The van der Waals surface area contributed by atoms with Crippen LogP contribution in [0.1, 0.15) is 81.5 Å². The average Bonchev–Trinajstić information content (AvgIpc) is 3.30. The summed E-state index contributed by atoms with van der Waals surface area (Å²) in [6.45, 7) is 9.90. The number of nitrogens with zero attached hydrogens (tertiary/aromatic N) is 3. The number of aromatic nitrogens is 2. The number of hydrogen-bond acceptors (Lipinski definition) is 5. The van der Waals surface area contributed by atoms with Gasteiger partial charge in [0, 0.05) is 11.6 Å². The van der Waals surface area contributed by atoms with Crippen molar-refractivity contribution in [1.82, 2.24) is 14.9 Å². The minimum Gasteiger partial charge on any atom is -0.496 e. The van der Waals surface area contributed by atoms with Crippen LogP contribution < -0.4 is 10.1 Å². The Hall–Kier alpha value is -2.14. The monoisotopic (exact) mass is 452 g/mol. The smallest absolute Gasteiger partial charge is 0.148 e. The molecule has 0 unspecified atom stereocenters. The minimum absolute atomic E-state index is 0.427. The van der Waals surface area contributed by atoms with Crippen molar-refractivity contribution in [2.45, 2.75) is 91.5 Å². The van der Waals surface area contributed by atoms with E-state index in [-0.39, 0.29) is 0 Å². The Morgan fingerprint density at radius 2 is 1.76 bits per heavy atom. The van der Waals surface area contributed by atoms with Gasteiger partial charge < -0.3 is 15.0 Å². The molecule has 0 spiro atoms. The van der Waals surface area contributed by atoms with Crippen molar-refractivity contribution in [3.63, 3.8) is 0 Å². The molecule has 1 aliphatic carbocycles. The highest BCUT2D eigenvalue weighted by molar-refractivity contribution is 5.77. The van der Waals surface area contributed by atoms with Gasteiger partial charge in [0.05, 0.1) is 24.2 Å². The molecule has 0 saturated heterocycles. The molecule has 0 fully saturated rings. The van der Waals surface area contributed by atoms with Crippen LogP contribution in [-0.4, -0.2) is 48.7 Å². The van der Waals surface area contributed by atoms with Gasteiger partial charge in [-0.2, -0.15) is 0 Å². The molecule has 0 atom stereocenters. The maximum atomic E-state index is 6.00. The van der Waals surface area contributed by atoms with E-state index in [4.69, 9.17) is 14.7 Å². The Bertz CT molecular complexity index is 934. The van der Waals surface area contributed by atoms with Crippen LogP contribution in [0.5, 0.6) is 5.75 Å². The van der Waals surface area contributed by atoms with E-state index in [1.165, 1.54) is 28.7 Å². The molecule has 1 N–H and O–H groups in total. The lowest BCUT2D eigenvalue weighted by Gasteiger charge is -2.23. The number of hydrogen-bond donors (Lipinski definition) is 1. The summed E-state index contributed by atoms with van der Waals surface area (Å²) in [5.41, 5.74) is 8.76. The molecule has 1 aromatic carbocycles. The topological polar surface area (TPSA) is 50.3 Å². The molecule has 33 heavy (non-hydrogen) atoms. The largest absolute Gasteiger partial charge is 0.496 e. The SMILES string of the molecule is CCc1nc(-c2c(OC)cc3c(c2CCCN(C)C)CCC3)c(CC)nc1NC(CC)CC. The number of methoxy groups -OCH3 is 1. The van der Waals surface area contributed by atoms with E-state index in [1.54, 1.807) is 7.11 Å². The predicted molar refractivity (Wildman–Crippen MR) is 140 cm³/mol. The van der Waals surface area contributed by atoms with Crippen molar-refractivity contribution in [2.24, 2.45) is 0 Å². The van der Waals surface area contributed by atoms with Gasteiger partial charge in [0.25, 0.3) is 0 Å². The summed E-state index contributed by atoms with van der Waals surface area (Å²) in [4.78, 5) is 12.7. The summed E-state index contributed by atoms with van der Waals surface area (Å²) in [5, 5.41) is 3.67. The molecule has 5 nitrogen and oxygen atoms in total. The zero-order chi connectivity index (χ0) is 24.0. The van der Waals surface area contributed by atoms with Gasteiger partial charge in [0.2, 0.25) is 0 Å². The highest BCUT2D eigenvalue weighted by Gasteiger charge is 2.26. The van der Waals surface area contributed by atoms with Gasteiger partial charge in [-0.15, -0.1) is 0 Å². The molecule has 2 aromatic rings. The van der Waals surface area contributed by atoms with Gasteiger partial charge in [-0.25, -0.2) is 9.97 Å². The summed E-state index contributed by atoms with van der Waals surface area (Å²) in [7, 11) is 6.10. The zero-order valence-corrected chi connectivity index (χ0v) is 22.0. The van der Waals surface area contributed by atoms with E-state index in [9.17, 15) is 0 Å². The average molecular weight is 453 g/mol. The van der Waals surface area contributed by atoms with Crippen LogP contribution in [0.4, 0.5) is 5.82 Å². The lowest BCUT2D eigenvalue weighted by molar-refractivity contribution is 0.399. The number of aryl methyl sites for hydroxylation is 3. The number of nitrogens with one attached hydrogen (secondary N) is 1. The number of anilines is 1. The first-order valence-corrected chi connectivity index (χ1v) is 13.0. The predicted octanol–water partition coefficient (Wildman–Crippen LogP) is 5.86. The van der Waals surface area contributed by atoms with Crippen LogP contribution in [0.2, 0.25) is 0 Å². The molecule has 0 bridgehead atoms. The van der Waals surface area contributed by atoms with Gasteiger partial charge in [0.1, 0.15) is 11.6 Å². The van der Waals surface area contributed by atoms with E-state index >= 15 is 0 Å². The Morgan fingerprint density at radius 1 is 1.03 bits per heavy atom. The molecule has 0 amide bonds. The highest BCUT2D eigenvalue weighted by Crippen LogP contribution is 2.42. The molecule has 1 heterocycles. The first kappa shape index (κ1) is 25.5. The Morgan fingerprint density at radius 3 is 2.36 bits per heavy atom. The van der Waals surface area contributed by atoms with Gasteiger partial charge >= 0.3 is 0 Å². The molecular weight excluding hydrogens is 408 g/mol. The Balaban J connectivity index is 2.17. The molecule has 0 saturated carbocycles. The van der Waals surface area contributed by atoms with E-state index in [0.29, 0.717) is 6.04 Å². The standard InChI is InChI=1S/C28H44N4O/c1-8-20(9-2)29-28-24(11-4)30-27(23(10-3)31-28)26-22(16-13-17-32(5)6)21-15-12-14-19(21)18-25(26)33-7/h18,20H,8-17H2,1-7H3,(H,29,31). The van der Waals surface area contributed by atoms with Crippen molar-refractivity contribution < 1.29 is 4.74 Å². The highest BCUT2D eigenvalue weighted by atomic mass is 16.5. The third-order valence-electron chi connectivity index (χ3n) is 7.00. The minimum atomic E-state index is 0.427. The molecular formula is C28H44N4O. The fourth-order valence-corrected chi connectivity index (χ4v) is 5.07. The zero-order valence-electron chi connectivity index (χ0n) is 22.0. The summed E-state index contributed by atoms with van der Waals surface area (Å²) >= 11 is 0. The number of rotatable bonds is 12. The van der Waals surface area contributed by atoms with E-state index < -0.39 is 0 Å². The summed E-state index contributed by atoms with van der Waals surface area (Å²) in [6, 6.07) is 2.70. The third kappa shape index (κ3) is 5.68. The lowest BCUT2D eigenvalue weighted by Crippen LogP contribution is -2.20. The molecule has 1 aliphatic rings. The quantitative estimate of drug-likeness (QED) is 0.437. The lowest BCUT2D eigenvalue weighted by atomic mass is 9.90. The van der Waals surface area contributed by atoms with Crippen LogP contribution in [0.15, 0.2) is 6.07 Å². The van der Waals surface area contributed by atoms with Gasteiger partial charge in [-0.1, -0.05) is 27.7 Å². The molecule has 3 rings (SSSR count). The van der Waals surface area contributed by atoms with E-state index in [0.717, 1.165) is 86.6 Å².